The summed E-state index contributed by atoms with van der Waals surface area (Å²) in [5.74, 6) is -0.948. The molecule has 1 aromatic rings. The van der Waals surface area contributed by atoms with Gasteiger partial charge in [-0.2, -0.15) is 0 Å². The summed E-state index contributed by atoms with van der Waals surface area (Å²) in [7, 11) is 0. The van der Waals surface area contributed by atoms with E-state index in [4.69, 9.17) is 4.74 Å². The summed E-state index contributed by atoms with van der Waals surface area (Å²) in [6.07, 6.45) is 1.60. The van der Waals surface area contributed by atoms with Gasteiger partial charge >= 0.3 is 12.0 Å². The van der Waals surface area contributed by atoms with E-state index >= 15 is 0 Å². The van der Waals surface area contributed by atoms with E-state index in [1.54, 1.807) is 39.0 Å². The van der Waals surface area contributed by atoms with Crippen LogP contribution >= 0.6 is 0 Å². The highest BCUT2D eigenvalue weighted by atomic mass is 16.6. The number of urea groups is 1. The van der Waals surface area contributed by atoms with Crippen molar-refractivity contribution < 1.29 is 19.1 Å². The summed E-state index contributed by atoms with van der Waals surface area (Å²) >= 11 is 0. The number of hydrogen-bond acceptors (Lipinski definition) is 5. The molecule has 1 aliphatic heterocycles. The third kappa shape index (κ3) is 3.41. The monoisotopic (exact) mass is 305 g/mol. The molecule has 0 spiro atoms. The van der Waals surface area contributed by atoms with Crippen LogP contribution < -0.4 is 10.6 Å². The van der Waals surface area contributed by atoms with E-state index in [0.29, 0.717) is 5.69 Å². The van der Waals surface area contributed by atoms with Crippen LogP contribution in [0.2, 0.25) is 0 Å². The maximum atomic E-state index is 12.2. The molecule has 1 aliphatic rings. The summed E-state index contributed by atoms with van der Waals surface area (Å²) in [6.45, 7) is 5.30. The molecule has 118 valence electrons. The Bertz CT molecular complexity index is 595. The molecule has 2 N–H and O–H groups in total. The molecule has 1 saturated heterocycles. The Morgan fingerprint density at radius 1 is 1.32 bits per heavy atom. The topological polar surface area (TPSA) is 97.4 Å². The van der Waals surface area contributed by atoms with Crippen molar-refractivity contribution in [1.29, 1.82) is 0 Å². The largest absolute Gasteiger partial charge is 0.460 e. The summed E-state index contributed by atoms with van der Waals surface area (Å²) in [5, 5.41) is 4.78. The predicted octanol–water partition coefficient (Wildman–Crippen LogP) is 1.24. The lowest BCUT2D eigenvalue weighted by Gasteiger charge is -2.26. The highest BCUT2D eigenvalue weighted by Gasteiger charge is 2.48. The van der Waals surface area contributed by atoms with E-state index in [1.807, 2.05) is 0 Å². The average molecular weight is 305 g/mol. The quantitative estimate of drug-likeness (QED) is 0.644. The van der Waals surface area contributed by atoms with Gasteiger partial charge < -0.3 is 10.1 Å². The Hall–Kier alpha value is -2.44. The van der Waals surface area contributed by atoms with Crippen molar-refractivity contribution in [3.63, 3.8) is 0 Å². The molecule has 22 heavy (non-hydrogen) atoms. The van der Waals surface area contributed by atoms with Gasteiger partial charge in [0.2, 0.25) is 0 Å². The molecule has 2 heterocycles. The number of nitrogens with one attached hydrogen (secondary N) is 2. The molecule has 0 saturated carbocycles. The zero-order valence-corrected chi connectivity index (χ0v) is 12.8. The van der Waals surface area contributed by atoms with Gasteiger partial charge in [-0.3, -0.25) is 19.9 Å². The van der Waals surface area contributed by atoms with Crippen LogP contribution in [-0.2, 0) is 19.9 Å². The standard InChI is InChI=1S/C15H19N3O4/c1-14(2,3)22-11(19)7-8-15(10-6-4-5-9-16-10)12(20)17-13(21)18-15/h4-6,9H,7-8H2,1-3H3,(H2,17,18,20,21). The molecule has 1 fully saturated rings. The zero-order valence-electron chi connectivity index (χ0n) is 12.8. The molecule has 0 aliphatic carbocycles. The third-order valence-electron chi connectivity index (χ3n) is 3.17. The minimum absolute atomic E-state index is 0.0124. The number of aromatic nitrogens is 1. The lowest BCUT2D eigenvalue weighted by Crippen LogP contribution is -2.45. The number of nitrogens with zero attached hydrogens (tertiary/aromatic N) is 1. The zero-order chi connectivity index (χ0) is 16.4. The van der Waals surface area contributed by atoms with Gasteiger partial charge in [0.05, 0.1) is 5.69 Å². The van der Waals surface area contributed by atoms with Crippen LogP contribution in [0.4, 0.5) is 4.79 Å². The maximum Gasteiger partial charge on any atom is 0.322 e. The van der Waals surface area contributed by atoms with Crippen LogP contribution in [0.5, 0.6) is 0 Å². The Balaban J connectivity index is 2.19. The summed E-state index contributed by atoms with van der Waals surface area (Å²) in [4.78, 5) is 39.8. The van der Waals surface area contributed by atoms with E-state index in [0.717, 1.165) is 0 Å². The smallest absolute Gasteiger partial charge is 0.322 e. The van der Waals surface area contributed by atoms with Crippen molar-refractivity contribution in [1.82, 2.24) is 15.6 Å². The molecule has 7 heteroatoms. The number of carbonyl (C=O) groups excluding carboxylic acids is 3. The van der Waals surface area contributed by atoms with Crippen molar-refractivity contribution in [3.8, 4) is 0 Å². The van der Waals surface area contributed by atoms with E-state index < -0.39 is 29.0 Å². The number of esters is 1. The van der Waals surface area contributed by atoms with Gasteiger partial charge in [0.25, 0.3) is 5.91 Å². The second-order valence-corrected chi connectivity index (χ2v) is 6.11. The fraction of sp³-hybridized carbons (Fsp3) is 0.467. The van der Waals surface area contributed by atoms with Crippen LogP contribution in [0.25, 0.3) is 0 Å². The molecule has 0 bridgehead atoms. The second kappa shape index (κ2) is 5.75. The van der Waals surface area contributed by atoms with Crippen molar-refractivity contribution in [2.75, 3.05) is 0 Å². The van der Waals surface area contributed by atoms with Crippen molar-refractivity contribution in [2.45, 2.75) is 44.8 Å². The Kier molecular flexibility index (Phi) is 4.16. The van der Waals surface area contributed by atoms with Gasteiger partial charge in [-0.05, 0) is 39.3 Å². The van der Waals surface area contributed by atoms with Crippen molar-refractivity contribution >= 4 is 17.9 Å². The number of imide groups is 1. The number of amides is 3. The van der Waals surface area contributed by atoms with Gasteiger partial charge in [-0.25, -0.2) is 4.79 Å². The van der Waals surface area contributed by atoms with Crippen LogP contribution in [0.1, 0.15) is 39.3 Å². The first-order valence-corrected chi connectivity index (χ1v) is 7.00. The van der Waals surface area contributed by atoms with Gasteiger partial charge in [-0.15, -0.1) is 0 Å². The summed E-state index contributed by atoms with van der Waals surface area (Å²) < 4.78 is 5.24. The first-order valence-electron chi connectivity index (χ1n) is 7.00. The third-order valence-corrected chi connectivity index (χ3v) is 3.17. The number of rotatable bonds is 4. The van der Waals surface area contributed by atoms with Crippen LogP contribution in [0, 0.1) is 0 Å². The lowest BCUT2D eigenvalue weighted by molar-refractivity contribution is -0.155. The fourth-order valence-corrected chi connectivity index (χ4v) is 2.27. The first kappa shape index (κ1) is 15.9. The Labute approximate surface area is 128 Å². The number of hydrogen-bond donors (Lipinski definition) is 2. The second-order valence-electron chi connectivity index (χ2n) is 6.11. The molecule has 0 radical (unpaired) electrons. The average Bonchev–Trinajstić information content (AvgIpc) is 2.71. The molecule has 1 unspecified atom stereocenters. The summed E-state index contributed by atoms with van der Waals surface area (Å²) in [6, 6.07) is 4.47. The van der Waals surface area contributed by atoms with Gasteiger partial charge in [0.15, 0.2) is 5.54 Å². The van der Waals surface area contributed by atoms with Gasteiger partial charge in [0, 0.05) is 12.6 Å². The lowest BCUT2D eigenvalue weighted by atomic mass is 9.89. The Morgan fingerprint density at radius 2 is 2.05 bits per heavy atom. The van der Waals surface area contributed by atoms with Gasteiger partial charge in [-0.1, -0.05) is 6.07 Å². The van der Waals surface area contributed by atoms with E-state index in [-0.39, 0.29) is 12.8 Å². The predicted molar refractivity (Wildman–Crippen MR) is 77.7 cm³/mol. The van der Waals surface area contributed by atoms with E-state index in [9.17, 15) is 14.4 Å². The molecule has 3 amide bonds. The number of ether oxygens (including phenoxy) is 1. The molecule has 1 atom stereocenters. The molecule has 2 rings (SSSR count). The molecule has 7 nitrogen and oxygen atoms in total. The van der Waals surface area contributed by atoms with Gasteiger partial charge in [0.1, 0.15) is 5.60 Å². The first-order chi connectivity index (χ1) is 10.2. The van der Waals surface area contributed by atoms with Crippen LogP contribution in [0.3, 0.4) is 0 Å². The summed E-state index contributed by atoms with van der Waals surface area (Å²) in [5.41, 5.74) is -1.55. The molecular formula is C15H19N3O4. The SMILES string of the molecule is CC(C)(C)OC(=O)CCC1(c2ccccn2)NC(=O)NC1=O. The molecular weight excluding hydrogens is 286 g/mol. The van der Waals surface area contributed by atoms with Crippen LogP contribution in [0.15, 0.2) is 24.4 Å². The maximum absolute atomic E-state index is 12.2. The van der Waals surface area contributed by atoms with E-state index in [2.05, 4.69) is 15.6 Å². The van der Waals surface area contributed by atoms with Crippen molar-refractivity contribution in [3.05, 3.63) is 30.1 Å². The highest BCUT2D eigenvalue weighted by molar-refractivity contribution is 6.07. The number of pyridine rings is 1. The van der Waals surface area contributed by atoms with E-state index in [1.165, 1.54) is 6.20 Å². The molecule has 0 aromatic carbocycles. The number of carbonyl (C=O) groups is 3. The van der Waals surface area contributed by atoms with Crippen molar-refractivity contribution in [2.24, 2.45) is 0 Å². The minimum Gasteiger partial charge on any atom is -0.460 e. The molecule has 1 aromatic heterocycles. The normalized spacial score (nSPS) is 21.2. The Morgan fingerprint density at radius 3 is 2.55 bits per heavy atom. The highest BCUT2D eigenvalue weighted by Crippen LogP contribution is 2.29. The minimum atomic E-state index is -1.34. The van der Waals surface area contributed by atoms with Crippen LogP contribution in [-0.4, -0.2) is 28.5 Å². The fourth-order valence-electron chi connectivity index (χ4n) is 2.27.